The Labute approximate surface area is 218 Å². The van der Waals surface area contributed by atoms with E-state index >= 15 is 0 Å². The Morgan fingerprint density at radius 2 is 1.71 bits per heavy atom. The summed E-state index contributed by atoms with van der Waals surface area (Å²) in [5.74, 6) is -2.24. The highest BCUT2D eigenvalue weighted by Crippen LogP contribution is 2.43. The number of hydrogen-bond donors (Lipinski definition) is 1. The summed E-state index contributed by atoms with van der Waals surface area (Å²) < 4.78 is 25.2. The lowest BCUT2D eigenvalue weighted by Gasteiger charge is -2.25. The summed E-state index contributed by atoms with van der Waals surface area (Å²) in [5, 5.41) is 11.2. The number of aromatic nitrogens is 1. The van der Waals surface area contributed by atoms with Gasteiger partial charge in [-0.15, -0.1) is 0 Å². The number of hydrogen-bond acceptors (Lipinski definition) is 6. The molecule has 1 amide bonds. The van der Waals surface area contributed by atoms with Crippen molar-refractivity contribution >= 4 is 23.1 Å². The fourth-order valence-corrected chi connectivity index (χ4v) is 4.37. The van der Waals surface area contributed by atoms with E-state index in [9.17, 15) is 19.1 Å². The normalized spacial score (nSPS) is 16.5. The van der Waals surface area contributed by atoms with Gasteiger partial charge in [-0.05, 0) is 60.2 Å². The molecule has 1 unspecified atom stereocenters. The molecule has 0 saturated carbocycles. The van der Waals surface area contributed by atoms with Crippen LogP contribution in [-0.2, 0) is 16.2 Å². The highest BCUT2D eigenvalue weighted by molar-refractivity contribution is 6.51. The molecule has 1 aliphatic rings. The van der Waals surface area contributed by atoms with E-state index in [1.54, 1.807) is 42.5 Å². The summed E-state index contributed by atoms with van der Waals surface area (Å²) in [6.07, 6.45) is 1.53. The van der Waals surface area contributed by atoms with E-state index in [4.69, 9.17) is 9.47 Å². The summed E-state index contributed by atoms with van der Waals surface area (Å²) in [6.45, 7) is 0.369. The second kappa shape index (κ2) is 10.6. The molecule has 1 fully saturated rings. The van der Waals surface area contributed by atoms with Crippen LogP contribution in [0.3, 0.4) is 0 Å². The van der Waals surface area contributed by atoms with Crippen molar-refractivity contribution in [2.45, 2.75) is 12.6 Å². The molecule has 1 atom stereocenters. The Balaban J connectivity index is 1.55. The van der Waals surface area contributed by atoms with Crippen LogP contribution in [0.2, 0.25) is 0 Å². The van der Waals surface area contributed by atoms with Crippen LogP contribution in [0.25, 0.3) is 5.76 Å². The number of halogens is 1. The molecule has 7 nitrogen and oxygen atoms in total. The van der Waals surface area contributed by atoms with Gasteiger partial charge in [-0.2, -0.15) is 0 Å². The fourth-order valence-electron chi connectivity index (χ4n) is 4.37. The zero-order valence-electron chi connectivity index (χ0n) is 20.4. The smallest absolute Gasteiger partial charge is 0.300 e. The van der Waals surface area contributed by atoms with Crippen LogP contribution in [-0.4, -0.2) is 28.9 Å². The van der Waals surface area contributed by atoms with E-state index in [2.05, 4.69) is 4.98 Å². The van der Waals surface area contributed by atoms with E-state index < -0.39 is 29.3 Å². The number of ketones is 1. The third-order valence-corrected chi connectivity index (χ3v) is 6.19. The molecule has 0 spiro atoms. The molecule has 2 heterocycles. The van der Waals surface area contributed by atoms with Gasteiger partial charge in [0.1, 0.15) is 35.7 Å². The second-order valence-corrected chi connectivity index (χ2v) is 8.54. The first-order chi connectivity index (χ1) is 18.5. The van der Waals surface area contributed by atoms with E-state index in [1.807, 2.05) is 30.3 Å². The zero-order chi connectivity index (χ0) is 26.6. The molecule has 190 valence electrons. The average Bonchev–Trinajstić information content (AvgIpc) is 3.22. The summed E-state index contributed by atoms with van der Waals surface area (Å²) in [7, 11) is 1.36. The van der Waals surface area contributed by atoms with Gasteiger partial charge in [0.15, 0.2) is 0 Å². The van der Waals surface area contributed by atoms with Crippen molar-refractivity contribution in [3.63, 3.8) is 0 Å². The number of ether oxygens (including phenoxy) is 2. The van der Waals surface area contributed by atoms with Crippen LogP contribution in [0.4, 0.5) is 10.1 Å². The highest BCUT2D eigenvalue weighted by atomic mass is 19.1. The van der Waals surface area contributed by atoms with Crippen LogP contribution in [0, 0.1) is 5.82 Å². The summed E-state index contributed by atoms with van der Waals surface area (Å²) >= 11 is 0. The number of methoxy groups -OCH3 is 1. The largest absolute Gasteiger partial charge is 0.507 e. The quantitative estimate of drug-likeness (QED) is 0.203. The van der Waals surface area contributed by atoms with Gasteiger partial charge in [0.25, 0.3) is 11.7 Å². The maximum Gasteiger partial charge on any atom is 0.300 e. The minimum atomic E-state index is -1.06. The second-order valence-electron chi connectivity index (χ2n) is 8.54. The molecule has 0 aliphatic carbocycles. The van der Waals surface area contributed by atoms with E-state index in [-0.39, 0.29) is 16.9 Å². The van der Waals surface area contributed by atoms with Crippen molar-refractivity contribution < 1.29 is 28.6 Å². The number of nitrogens with zero attached hydrogens (tertiary/aromatic N) is 2. The molecule has 8 heteroatoms. The van der Waals surface area contributed by atoms with Gasteiger partial charge < -0.3 is 14.6 Å². The van der Waals surface area contributed by atoms with Crippen molar-refractivity contribution in [1.82, 2.24) is 4.98 Å². The lowest BCUT2D eigenvalue weighted by molar-refractivity contribution is -0.132. The van der Waals surface area contributed by atoms with Crippen molar-refractivity contribution in [2.75, 3.05) is 12.0 Å². The van der Waals surface area contributed by atoms with Crippen molar-refractivity contribution in [2.24, 2.45) is 0 Å². The minimum absolute atomic E-state index is 0.0453. The van der Waals surface area contributed by atoms with Gasteiger partial charge >= 0.3 is 0 Å². The molecule has 1 aliphatic heterocycles. The molecule has 0 bridgehead atoms. The number of rotatable bonds is 7. The topological polar surface area (TPSA) is 89.0 Å². The molecule has 5 rings (SSSR count). The van der Waals surface area contributed by atoms with E-state index in [1.165, 1.54) is 30.3 Å². The molecule has 38 heavy (non-hydrogen) atoms. The number of carbonyl (C=O) groups excluding carboxylic acids is 2. The Bertz CT molecular complexity index is 1510. The van der Waals surface area contributed by atoms with Crippen molar-refractivity contribution in [3.8, 4) is 11.5 Å². The Kier molecular flexibility index (Phi) is 6.86. The molecule has 3 aromatic carbocycles. The third-order valence-electron chi connectivity index (χ3n) is 6.19. The van der Waals surface area contributed by atoms with Crippen LogP contribution in [0.1, 0.15) is 22.9 Å². The molecule has 1 saturated heterocycles. The van der Waals surface area contributed by atoms with Gasteiger partial charge in [0.2, 0.25) is 0 Å². The highest BCUT2D eigenvalue weighted by Gasteiger charge is 2.47. The molecule has 4 aromatic rings. The number of carbonyl (C=O) groups is 2. The SMILES string of the molecule is COc1ccc(F)cc1/C(O)=C1\C(=O)C(=O)N(c2ccc(OCc3ccccc3)cc2)C1c1ccccn1. The summed E-state index contributed by atoms with van der Waals surface area (Å²) in [6, 6.07) is 24.0. The first-order valence-corrected chi connectivity index (χ1v) is 11.8. The van der Waals surface area contributed by atoms with Crippen LogP contribution >= 0.6 is 0 Å². The predicted molar refractivity (Wildman–Crippen MR) is 139 cm³/mol. The standard InChI is InChI=1S/C30H23FN2O5/c1-37-25-15-10-20(31)17-23(25)28(34)26-27(24-9-5-6-16-32-24)33(30(36)29(26)35)21-11-13-22(14-12-21)38-18-19-7-3-2-4-8-19/h2-17,27,34H,18H2,1H3/b28-26+. The lowest BCUT2D eigenvalue weighted by Crippen LogP contribution is -2.29. The summed E-state index contributed by atoms with van der Waals surface area (Å²) in [4.78, 5) is 32.2. The van der Waals surface area contributed by atoms with Gasteiger partial charge in [0, 0.05) is 11.9 Å². The van der Waals surface area contributed by atoms with Gasteiger partial charge in [-0.25, -0.2) is 4.39 Å². The molecule has 0 radical (unpaired) electrons. The number of Topliss-reactive ketones (excluding diaryl/α,β-unsaturated/α-hetero) is 1. The molecular formula is C30H23FN2O5. The number of benzene rings is 3. The number of pyridine rings is 1. The number of anilines is 1. The predicted octanol–water partition coefficient (Wildman–Crippen LogP) is 5.43. The van der Waals surface area contributed by atoms with Crippen molar-refractivity contribution in [3.05, 3.63) is 125 Å². The minimum Gasteiger partial charge on any atom is -0.507 e. The third kappa shape index (κ3) is 4.71. The van der Waals surface area contributed by atoms with Crippen LogP contribution in [0.5, 0.6) is 11.5 Å². The van der Waals surface area contributed by atoms with E-state index in [0.29, 0.717) is 23.7 Å². The maximum absolute atomic E-state index is 14.1. The first kappa shape index (κ1) is 24.7. The maximum atomic E-state index is 14.1. The number of aliphatic hydroxyl groups is 1. The average molecular weight is 511 g/mol. The van der Waals surface area contributed by atoms with Gasteiger partial charge in [-0.1, -0.05) is 36.4 Å². The van der Waals surface area contributed by atoms with Gasteiger partial charge in [-0.3, -0.25) is 19.5 Å². The molecule has 1 aromatic heterocycles. The Morgan fingerprint density at radius 1 is 0.974 bits per heavy atom. The summed E-state index contributed by atoms with van der Waals surface area (Å²) in [5.41, 5.74) is 1.50. The first-order valence-electron chi connectivity index (χ1n) is 11.8. The molecular weight excluding hydrogens is 487 g/mol. The molecule has 1 N–H and O–H groups in total. The monoisotopic (exact) mass is 510 g/mol. The lowest BCUT2D eigenvalue weighted by atomic mass is 9.97. The fraction of sp³-hybridized carbons (Fsp3) is 0.100. The zero-order valence-corrected chi connectivity index (χ0v) is 20.4. The van der Waals surface area contributed by atoms with Crippen LogP contribution in [0.15, 0.2) is 103 Å². The Morgan fingerprint density at radius 3 is 2.39 bits per heavy atom. The van der Waals surface area contributed by atoms with Gasteiger partial charge in [0.05, 0.1) is 23.9 Å². The van der Waals surface area contributed by atoms with E-state index in [0.717, 1.165) is 11.6 Å². The van der Waals surface area contributed by atoms with Crippen molar-refractivity contribution in [1.29, 1.82) is 0 Å². The number of amides is 1. The number of aliphatic hydroxyl groups excluding tert-OH is 1. The Hall–Kier alpha value is -4.98. The van der Waals surface area contributed by atoms with Crippen LogP contribution < -0.4 is 14.4 Å².